The van der Waals surface area contributed by atoms with Crippen molar-refractivity contribution < 1.29 is 24.6 Å². The van der Waals surface area contributed by atoms with Crippen LogP contribution in [-0.4, -0.2) is 33.1 Å². The summed E-state index contributed by atoms with van der Waals surface area (Å²) < 4.78 is 0. The van der Waals surface area contributed by atoms with Crippen LogP contribution in [0.5, 0.6) is 0 Å². The van der Waals surface area contributed by atoms with Gasteiger partial charge in [0, 0.05) is 16.7 Å². The number of aliphatic hydroxyl groups is 1. The second kappa shape index (κ2) is 5.88. The molecule has 0 aliphatic rings. The standard InChI is InChI=1S/C12H11BrO5/c1-6(13)10(15)8-4-2-3-7(5-14)9(8)11(16)12(17)18/h2-6,11,16H,1H3,(H,17,18). The Morgan fingerprint density at radius 3 is 2.44 bits per heavy atom. The Bertz CT molecular complexity index is 495. The van der Waals surface area contributed by atoms with Crippen molar-refractivity contribution in [2.45, 2.75) is 17.9 Å². The van der Waals surface area contributed by atoms with E-state index in [2.05, 4.69) is 15.9 Å². The van der Waals surface area contributed by atoms with Crippen LogP contribution >= 0.6 is 15.9 Å². The lowest BCUT2D eigenvalue weighted by molar-refractivity contribution is -0.146. The summed E-state index contributed by atoms with van der Waals surface area (Å²) in [5.74, 6) is -1.91. The molecule has 1 aromatic carbocycles. The van der Waals surface area contributed by atoms with E-state index in [-0.39, 0.29) is 16.7 Å². The van der Waals surface area contributed by atoms with Crippen LogP contribution in [0.1, 0.15) is 39.3 Å². The van der Waals surface area contributed by atoms with Crippen LogP contribution in [0, 0.1) is 0 Å². The summed E-state index contributed by atoms with van der Waals surface area (Å²) in [6.45, 7) is 1.58. The van der Waals surface area contributed by atoms with Gasteiger partial charge in [0.1, 0.15) is 6.29 Å². The molecule has 0 aromatic heterocycles. The Kier molecular flexibility index (Phi) is 4.75. The third-order valence-electron chi connectivity index (χ3n) is 2.40. The van der Waals surface area contributed by atoms with E-state index in [4.69, 9.17) is 5.11 Å². The fraction of sp³-hybridized carbons (Fsp3) is 0.250. The zero-order chi connectivity index (χ0) is 13.9. The minimum Gasteiger partial charge on any atom is -0.479 e. The number of aliphatic carboxylic acids is 1. The van der Waals surface area contributed by atoms with Gasteiger partial charge in [-0.25, -0.2) is 4.79 Å². The van der Waals surface area contributed by atoms with Gasteiger partial charge in [-0.05, 0) is 6.92 Å². The minimum absolute atomic E-state index is 0.0103. The van der Waals surface area contributed by atoms with Gasteiger partial charge in [0.05, 0.1) is 4.83 Å². The number of carbonyl (C=O) groups excluding carboxylic acids is 2. The molecule has 2 atom stereocenters. The normalized spacial score (nSPS) is 13.7. The third kappa shape index (κ3) is 2.83. The maximum atomic E-state index is 11.9. The molecular formula is C12H11BrO5. The molecule has 6 heteroatoms. The van der Waals surface area contributed by atoms with Gasteiger partial charge in [-0.15, -0.1) is 0 Å². The van der Waals surface area contributed by atoms with Crippen molar-refractivity contribution >= 4 is 34.0 Å². The van der Waals surface area contributed by atoms with E-state index in [0.717, 1.165) is 0 Å². The summed E-state index contributed by atoms with van der Waals surface area (Å²) in [7, 11) is 0. The maximum Gasteiger partial charge on any atom is 0.337 e. The number of ketones is 1. The molecule has 0 radical (unpaired) electrons. The third-order valence-corrected chi connectivity index (χ3v) is 2.82. The number of carboxylic acid groups (broad SMARTS) is 1. The molecule has 18 heavy (non-hydrogen) atoms. The van der Waals surface area contributed by atoms with E-state index < -0.39 is 22.7 Å². The lowest BCUT2D eigenvalue weighted by Gasteiger charge is -2.14. The lowest BCUT2D eigenvalue weighted by Crippen LogP contribution is -2.20. The number of hydrogen-bond donors (Lipinski definition) is 2. The monoisotopic (exact) mass is 314 g/mol. The highest BCUT2D eigenvalue weighted by Crippen LogP contribution is 2.24. The first-order valence-corrected chi connectivity index (χ1v) is 5.99. The molecule has 96 valence electrons. The Labute approximate surface area is 112 Å². The van der Waals surface area contributed by atoms with Gasteiger partial charge in [-0.3, -0.25) is 9.59 Å². The van der Waals surface area contributed by atoms with Crippen molar-refractivity contribution in [3.63, 3.8) is 0 Å². The second-order valence-electron chi connectivity index (χ2n) is 3.65. The Morgan fingerprint density at radius 1 is 1.39 bits per heavy atom. The smallest absolute Gasteiger partial charge is 0.337 e. The number of carbonyl (C=O) groups is 3. The summed E-state index contributed by atoms with van der Waals surface area (Å²) >= 11 is 3.08. The highest BCUT2D eigenvalue weighted by molar-refractivity contribution is 9.10. The number of alkyl halides is 1. The number of aldehydes is 1. The number of aliphatic hydroxyl groups excluding tert-OH is 1. The molecule has 0 fully saturated rings. The highest BCUT2D eigenvalue weighted by atomic mass is 79.9. The second-order valence-corrected chi connectivity index (χ2v) is 5.02. The van der Waals surface area contributed by atoms with Crippen LogP contribution in [-0.2, 0) is 4.79 Å². The fourth-order valence-electron chi connectivity index (χ4n) is 1.54. The summed E-state index contributed by atoms with van der Waals surface area (Å²) in [5.41, 5.74) is -0.154. The first-order chi connectivity index (χ1) is 8.40. The number of rotatable bonds is 5. The maximum absolute atomic E-state index is 11.9. The predicted molar refractivity (Wildman–Crippen MR) is 67.1 cm³/mol. The van der Waals surface area contributed by atoms with Gasteiger partial charge < -0.3 is 10.2 Å². The van der Waals surface area contributed by atoms with Crippen LogP contribution < -0.4 is 0 Å². The summed E-state index contributed by atoms with van der Waals surface area (Å²) in [6, 6.07) is 4.20. The van der Waals surface area contributed by atoms with Gasteiger partial charge >= 0.3 is 5.97 Å². The van der Waals surface area contributed by atoms with E-state index in [0.29, 0.717) is 6.29 Å². The number of benzene rings is 1. The zero-order valence-corrected chi connectivity index (χ0v) is 11.0. The number of Topliss-reactive ketones (excluding diaryl/α,β-unsaturated/α-hetero) is 1. The van der Waals surface area contributed by atoms with Crippen molar-refractivity contribution in [2.75, 3.05) is 0 Å². The first kappa shape index (κ1) is 14.5. The molecule has 0 bridgehead atoms. The Hall–Kier alpha value is -1.53. The number of halogens is 1. The Morgan fingerprint density at radius 2 is 2.00 bits per heavy atom. The number of carboxylic acids is 1. The van der Waals surface area contributed by atoms with E-state index in [1.54, 1.807) is 6.92 Å². The molecular weight excluding hydrogens is 304 g/mol. The predicted octanol–water partition coefficient (Wildman–Crippen LogP) is 1.58. The van der Waals surface area contributed by atoms with Crippen LogP contribution in [0.3, 0.4) is 0 Å². The Balaban J connectivity index is 3.47. The molecule has 0 aliphatic carbocycles. The van der Waals surface area contributed by atoms with Crippen molar-refractivity contribution in [1.82, 2.24) is 0 Å². The summed E-state index contributed by atoms with van der Waals surface area (Å²) in [5, 5.41) is 18.4. The lowest BCUT2D eigenvalue weighted by atomic mass is 9.93. The average Bonchev–Trinajstić information content (AvgIpc) is 2.35. The van der Waals surface area contributed by atoms with Gasteiger partial charge in [-0.1, -0.05) is 34.1 Å². The summed E-state index contributed by atoms with van der Waals surface area (Å²) in [6.07, 6.45) is -1.49. The molecule has 1 rings (SSSR count). The quantitative estimate of drug-likeness (QED) is 0.489. The number of hydrogen-bond acceptors (Lipinski definition) is 4. The van der Waals surface area contributed by atoms with E-state index >= 15 is 0 Å². The van der Waals surface area contributed by atoms with Crippen LogP contribution in [0.4, 0.5) is 0 Å². The fourth-order valence-corrected chi connectivity index (χ4v) is 1.79. The first-order valence-electron chi connectivity index (χ1n) is 5.07. The largest absolute Gasteiger partial charge is 0.479 e. The van der Waals surface area contributed by atoms with E-state index in [1.165, 1.54) is 18.2 Å². The molecule has 2 N–H and O–H groups in total. The van der Waals surface area contributed by atoms with Crippen molar-refractivity contribution in [2.24, 2.45) is 0 Å². The van der Waals surface area contributed by atoms with E-state index in [9.17, 15) is 19.5 Å². The molecule has 0 heterocycles. The van der Waals surface area contributed by atoms with Gasteiger partial charge in [-0.2, -0.15) is 0 Å². The van der Waals surface area contributed by atoms with Crippen molar-refractivity contribution in [1.29, 1.82) is 0 Å². The van der Waals surface area contributed by atoms with Crippen molar-refractivity contribution in [3.8, 4) is 0 Å². The summed E-state index contributed by atoms with van der Waals surface area (Å²) in [4.78, 5) is 33.0. The molecule has 0 saturated heterocycles. The van der Waals surface area contributed by atoms with Gasteiger partial charge in [0.25, 0.3) is 0 Å². The molecule has 5 nitrogen and oxygen atoms in total. The van der Waals surface area contributed by atoms with Crippen LogP contribution in [0.25, 0.3) is 0 Å². The minimum atomic E-state index is -1.91. The van der Waals surface area contributed by atoms with E-state index in [1.807, 2.05) is 0 Å². The van der Waals surface area contributed by atoms with Gasteiger partial charge in [0.15, 0.2) is 11.9 Å². The van der Waals surface area contributed by atoms with Crippen molar-refractivity contribution in [3.05, 3.63) is 34.9 Å². The zero-order valence-electron chi connectivity index (χ0n) is 9.46. The highest BCUT2D eigenvalue weighted by Gasteiger charge is 2.27. The van der Waals surface area contributed by atoms with Crippen LogP contribution in [0.2, 0.25) is 0 Å². The van der Waals surface area contributed by atoms with Gasteiger partial charge in [0.2, 0.25) is 0 Å². The van der Waals surface area contributed by atoms with Crippen LogP contribution in [0.15, 0.2) is 18.2 Å². The molecule has 1 aromatic rings. The SMILES string of the molecule is CC(Br)C(=O)c1cccc(C=O)c1C(O)C(=O)O. The average molecular weight is 315 g/mol. The molecule has 0 amide bonds. The topological polar surface area (TPSA) is 91.7 Å². The molecule has 0 saturated carbocycles. The molecule has 0 spiro atoms. The molecule has 2 unspecified atom stereocenters. The molecule has 0 aliphatic heterocycles.